The van der Waals surface area contributed by atoms with Crippen LogP contribution in [0.5, 0.6) is 11.5 Å². The lowest BCUT2D eigenvalue weighted by Crippen LogP contribution is -2.19. The molecular formula is C15H20ClN3O2. The number of methoxy groups -OCH3 is 2. The van der Waals surface area contributed by atoms with Gasteiger partial charge in [0, 0.05) is 5.41 Å². The van der Waals surface area contributed by atoms with Crippen molar-refractivity contribution in [2.75, 3.05) is 14.2 Å². The van der Waals surface area contributed by atoms with Crippen molar-refractivity contribution in [1.82, 2.24) is 14.8 Å². The Morgan fingerprint density at radius 2 is 1.76 bits per heavy atom. The second-order valence-electron chi connectivity index (χ2n) is 5.82. The van der Waals surface area contributed by atoms with Gasteiger partial charge < -0.3 is 9.47 Å². The zero-order chi connectivity index (χ0) is 15.6. The molecule has 2 aromatic rings. The van der Waals surface area contributed by atoms with Gasteiger partial charge in [-0.2, -0.15) is 0 Å². The van der Waals surface area contributed by atoms with Gasteiger partial charge in [0.05, 0.1) is 20.8 Å². The molecule has 0 aliphatic rings. The van der Waals surface area contributed by atoms with Crippen LogP contribution in [0, 0.1) is 0 Å². The molecule has 1 aromatic heterocycles. The van der Waals surface area contributed by atoms with Crippen LogP contribution < -0.4 is 9.47 Å². The van der Waals surface area contributed by atoms with E-state index in [0.29, 0.717) is 23.3 Å². The number of nitrogens with zero attached hydrogens (tertiary/aromatic N) is 3. The second-order valence-corrected chi connectivity index (χ2v) is 6.16. The fourth-order valence-corrected chi connectivity index (χ4v) is 2.32. The van der Waals surface area contributed by atoms with Gasteiger partial charge in [0.15, 0.2) is 11.5 Å². The van der Waals surface area contributed by atoms with Crippen molar-refractivity contribution in [3.63, 3.8) is 0 Å². The van der Waals surface area contributed by atoms with E-state index < -0.39 is 0 Å². The van der Waals surface area contributed by atoms with Crippen molar-refractivity contribution in [1.29, 1.82) is 0 Å². The average Bonchev–Trinajstić information content (AvgIpc) is 2.80. The highest BCUT2D eigenvalue weighted by Gasteiger charge is 2.23. The van der Waals surface area contributed by atoms with Crippen molar-refractivity contribution >= 4 is 11.6 Å². The third-order valence-electron chi connectivity index (χ3n) is 3.17. The first kappa shape index (κ1) is 15.6. The molecule has 0 saturated heterocycles. The highest BCUT2D eigenvalue weighted by Crippen LogP contribution is 2.29. The molecule has 0 amide bonds. The summed E-state index contributed by atoms with van der Waals surface area (Å²) in [6, 6.07) is 5.79. The van der Waals surface area contributed by atoms with Crippen LogP contribution in [0.25, 0.3) is 0 Å². The van der Waals surface area contributed by atoms with E-state index >= 15 is 0 Å². The maximum atomic E-state index is 6.17. The van der Waals surface area contributed by atoms with Gasteiger partial charge in [-0.3, -0.25) is 4.57 Å². The minimum atomic E-state index is -0.128. The number of benzene rings is 1. The fraction of sp³-hybridized carbons (Fsp3) is 0.467. The summed E-state index contributed by atoms with van der Waals surface area (Å²) >= 11 is 6.17. The van der Waals surface area contributed by atoms with Crippen LogP contribution in [0.15, 0.2) is 18.2 Å². The maximum Gasteiger partial charge on any atom is 0.225 e. The molecular weight excluding hydrogens is 290 g/mol. The highest BCUT2D eigenvalue weighted by atomic mass is 35.5. The summed E-state index contributed by atoms with van der Waals surface area (Å²) in [5.74, 6) is 2.24. The lowest BCUT2D eigenvalue weighted by Gasteiger charge is -2.19. The Bertz CT molecular complexity index is 632. The van der Waals surface area contributed by atoms with E-state index in [-0.39, 0.29) is 5.41 Å². The Balaban J connectivity index is 2.37. The van der Waals surface area contributed by atoms with Crippen LogP contribution in [-0.4, -0.2) is 29.0 Å². The molecule has 6 heteroatoms. The lowest BCUT2D eigenvalue weighted by molar-refractivity contribution is 0.354. The molecule has 0 N–H and O–H groups in total. The lowest BCUT2D eigenvalue weighted by atomic mass is 9.95. The molecule has 0 bridgehead atoms. The SMILES string of the molecule is COc1ccc(Cn2c(Cl)nnc2C(C)(C)C)cc1OC. The molecule has 21 heavy (non-hydrogen) atoms. The van der Waals surface area contributed by atoms with Gasteiger partial charge in [-0.25, -0.2) is 0 Å². The van der Waals surface area contributed by atoms with E-state index in [4.69, 9.17) is 21.1 Å². The molecule has 0 atom stereocenters. The van der Waals surface area contributed by atoms with Crippen molar-refractivity contribution in [2.24, 2.45) is 0 Å². The zero-order valence-electron chi connectivity index (χ0n) is 13.0. The molecule has 1 aromatic carbocycles. The number of halogens is 1. The predicted molar refractivity (Wildman–Crippen MR) is 82.4 cm³/mol. The second kappa shape index (κ2) is 5.93. The Labute approximate surface area is 129 Å². The van der Waals surface area contributed by atoms with Crippen LogP contribution in [-0.2, 0) is 12.0 Å². The van der Waals surface area contributed by atoms with E-state index in [1.807, 2.05) is 22.8 Å². The molecule has 0 aliphatic heterocycles. The molecule has 1 heterocycles. The average molecular weight is 310 g/mol. The molecule has 0 radical (unpaired) electrons. The van der Waals surface area contributed by atoms with Crippen LogP contribution in [0.4, 0.5) is 0 Å². The Kier molecular flexibility index (Phi) is 4.42. The smallest absolute Gasteiger partial charge is 0.225 e. The van der Waals surface area contributed by atoms with Crippen molar-refractivity contribution in [2.45, 2.75) is 32.7 Å². The minimum absolute atomic E-state index is 0.128. The van der Waals surface area contributed by atoms with Gasteiger partial charge in [-0.15, -0.1) is 10.2 Å². The fourth-order valence-electron chi connectivity index (χ4n) is 2.14. The number of ether oxygens (including phenoxy) is 2. The first-order valence-corrected chi connectivity index (χ1v) is 7.04. The molecule has 0 aliphatic carbocycles. The van der Waals surface area contributed by atoms with E-state index in [2.05, 4.69) is 31.0 Å². The number of rotatable bonds is 4. The summed E-state index contributed by atoms with van der Waals surface area (Å²) in [7, 11) is 3.24. The summed E-state index contributed by atoms with van der Waals surface area (Å²) < 4.78 is 12.5. The summed E-state index contributed by atoms with van der Waals surface area (Å²) in [6.07, 6.45) is 0. The number of hydrogen-bond donors (Lipinski definition) is 0. The number of hydrogen-bond acceptors (Lipinski definition) is 4. The van der Waals surface area contributed by atoms with Gasteiger partial charge in [0.25, 0.3) is 0 Å². The van der Waals surface area contributed by atoms with Crippen molar-refractivity contribution in [3.8, 4) is 11.5 Å². The molecule has 5 nitrogen and oxygen atoms in total. The van der Waals surface area contributed by atoms with Gasteiger partial charge in [-0.05, 0) is 29.3 Å². The van der Waals surface area contributed by atoms with Crippen LogP contribution in [0.3, 0.4) is 0 Å². The van der Waals surface area contributed by atoms with Gasteiger partial charge in [-0.1, -0.05) is 26.8 Å². The summed E-state index contributed by atoms with van der Waals surface area (Å²) in [6.45, 7) is 6.83. The first-order valence-electron chi connectivity index (χ1n) is 6.67. The Hall–Kier alpha value is -1.75. The quantitative estimate of drug-likeness (QED) is 0.869. The van der Waals surface area contributed by atoms with E-state index in [1.54, 1.807) is 14.2 Å². The van der Waals surface area contributed by atoms with Crippen molar-refractivity contribution < 1.29 is 9.47 Å². The normalized spacial score (nSPS) is 11.5. The number of aromatic nitrogens is 3. The molecule has 0 saturated carbocycles. The van der Waals surface area contributed by atoms with Crippen LogP contribution in [0.2, 0.25) is 5.28 Å². The Morgan fingerprint density at radius 1 is 1.10 bits per heavy atom. The largest absolute Gasteiger partial charge is 0.493 e. The van der Waals surface area contributed by atoms with Crippen molar-refractivity contribution in [3.05, 3.63) is 34.9 Å². The minimum Gasteiger partial charge on any atom is -0.493 e. The van der Waals surface area contributed by atoms with Gasteiger partial charge >= 0.3 is 0 Å². The highest BCUT2D eigenvalue weighted by molar-refractivity contribution is 6.28. The summed E-state index contributed by atoms with van der Waals surface area (Å²) in [5, 5.41) is 8.55. The summed E-state index contributed by atoms with van der Waals surface area (Å²) in [5.41, 5.74) is 0.913. The summed E-state index contributed by atoms with van der Waals surface area (Å²) in [4.78, 5) is 0. The van der Waals surface area contributed by atoms with Crippen LogP contribution >= 0.6 is 11.6 Å². The van der Waals surface area contributed by atoms with E-state index in [9.17, 15) is 0 Å². The van der Waals surface area contributed by atoms with Gasteiger partial charge in [0.1, 0.15) is 5.82 Å². The molecule has 114 valence electrons. The first-order chi connectivity index (χ1) is 9.86. The van der Waals surface area contributed by atoms with Crippen LogP contribution in [0.1, 0.15) is 32.2 Å². The predicted octanol–water partition coefficient (Wildman–Crippen LogP) is 3.29. The van der Waals surface area contributed by atoms with E-state index in [0.717, 1.165) is 11.4 Å². The zero-order valence-corrected chi connectivity index (χ0v) is 13.7. The van der Waals surface area contributed by atoms with Gasteiger partial charge in [0.2, 0.25) is 5.28 Å². The molecule has 0 unspecified atom stereocenters. The maximum absolute atomic E-state index is 6.17. The third-order valence-corrected chi connectivity index (χ3v) is 3.44. The Morgan fingerprint density at radius 3 is 2.33 bits per heavy atom. The molecule has 2 rings (SSSR count). The molecule has 0 fully saturated rings. The third kappa shape index (κ3) is 3.29. The van der Waals surface area contributed by atoms with E-state index in [1.165, 1.54) is 0 Å². The monoisotopic (exact) mass is 309 g/mol. The standard InChI is InChI=1S/C15H20ClN3O2/c1-15(2,3)13-17-18-14(16)19(13)9-10-6-7-11(20-4)12(8-10)21-5/h6-8H,9H2,1-5H3. The molecule has 0 spiro atoms. The topological polar surface area (TPSA) is 49.2 Å².